The molecule has 1 fully saturated rings. The van der Waals surface area contributed by atoms with E-state index in [0.717, 1.165) is 27.9 Å². The second-order valence-electron chi connectivity index (χ2n) is 8.89. The van der Waals surface area contributed by atoms with E-state index in [-0.39, 0.29) is 22.7 Å². The molecule has 0 radical (unpaired) electrons. The molecule has 0 amide bonds. The highest BCUT2D eigenvalue weighted by atomic mass is 16.8. The van der Waals surface area contributed by atoms with Gasteiger partial charge in [-0.05, 0) is 57.9 Å². The molecule has 0 spiro atoms. The van der Waals surface area contributed by atoms with Crippen molar-refractivity contribution < 1.29 is 24.3 Å². The van der Waals surface area contributed by atoms with E-state index in [4.69, 9.17) is 24.3 Å². The van der Waals surface area contributed by atoms with Gasteiger partial charge in [-0.2, -0.15) is 0 Å². The lowest BCUT2D eigenvalue weighted by Gasteiger charge is -2.13. The third-order valence-electron chi connectivity index (χ3n) is 5.82. The summed E-state index contributed by atoms with van der Waals surface area (Å²) in [6.45, 7) is 10.0. The van der Waals surface area contributed by atoms with Gasteiger partial charge in [0.1, 0.15) is 11.9 Å². The van der Waals surface area contributed by atoms with Crippen LogP contribution in [0.3, 0.4) is 0 Å². The van der Waals surface area contributed by atoms with Crippen LogP contribution >= 0.6 is 0 Å². The molecule has 35 heavy (non-hydrogen) atoms. The molecule has 1 aromatic heterocycles. The lowest BCUT2D eigenvalue weighted by Crippen LogP contribution is -2.15. The topological polar surface area (TPSA) is 92.4 Å². The number of methoxy groups -OCH3 is 1. The number of benzene rings is 1. The van der Waals surface area contributed by atoms with E-state index >= 15 is 0 Å². The van der Waals surface area contributed by atoms with E-state index in [1.54, 1.807) is 26.0 Å². The zero-order valence-electron chi connectivity index (χ0n) is 21.1. The van der Waals surface area contributed by atoms with Crippen molar-refractivity contribution in [2.75, 3.05) is 18.9 Å². The number of anilines is 1. The van der Waals surface area contributed by atoms with Crippen LogP contribution in [0.15, 0.2) is 74.0 Å². The second kappa shape index (κ2) is 11.4. The van der Waals surface area contributed by atoms with Crippen molar-refractivity contribution in [1.82, 2.24) is 0 Å². The normalized spacial score (nSPS) is 18.3. The van der Waals surface area contributed by atoms with Crippen molar-refractivity contribution in [3.05, 3.63) is 97.5 Å². The van der Waals surface area contributed by atoms with Crippen LogP contribution < -0.4 is 15.4 Å². The number of ether oxygens (including phenoxy) is 2. The van der Waals surface area contributed by atoms with Crippen LogP contribution in [-0.4, -0.2) is 24.1 Å². The summed E-state index contributed by atoms with van der Waals surface area (Å²) in [7, 11) is 1.49. The largest absolute Gasteiger partial charge is 0.468 e. The lowest BCUT2D eigenvalue weighted by atomic mass is 10.0. The van der Waals surface area contributed by atoms with Gasteiger partial charge in [0.05, 0.1) is 25.0 Å². The molecule has 3 rings (SSSR count). The molecule has 1 saturated heterocycles. The Balaban J connectivity index is 1.71. The molecule has 7 heteroatoms. The van der Waals surface area contributed by atoms with Crippen molar-refractivity contribution >= 4 is 11.8 Å². The number of rotatable bonds is 7. The minimum absolute atomic E-state index is 0.0795. The summed E-state index contributed by atoms with van der Waals surface area (Å²) >= 11 is 0. The first kappa shape index (κ1) is 26.2. The highest BCUT2D eigenvalue weighted by Crippen LogP contribution is 2.35. The smallest absolute Gasteiger partial charge is 0.291 e. The van der Waals surface area contributed by atoms with Gasteiger partial charge in [-0.15, -0.1) is 5.23 Å². The van der Waals surface area contributed by atoms with Gasteiger partial charge in [0.15, 0.2) is 5.43 Å². The van der Waals surface area contributed by atoms with Gasteiger partial charge in [0.25, 0.3) is 5.95 Å². The molecule has 2 aromatic rings. The SMILES string of the molecule is COc1oc([C@H]2C/C(=C/C(C)=C/C(C)=C/C(C)=C/c3ccc(N(O)O)cc3)CO2)c(C)c(=O)c1C. The molecule has 0 unspecified atom stereocenters. The first-order valence-electron chi connectivity index (χ1n) is 11.4. The Morgan fingerprint density at radius 3 is 2.31 bits per heavy atom. The van der Waals surface area contributed by atoms with E-state index in [0.29, 0.717) is 35.6 Å². The molecule has 7 nitrogen and oxygen atoms in total. The van der Waals surface area contributed by atoms with Crippen molar-refractivity contribution in [1.29, 1.82) is 0 Å². The highest BCUT2D eigenvalue weighted by Gasteiger charge is 2.28. The molecule has 2 N–H and O–H groups in total. The Bertz CT molecular complexity index is 1250. The predicted octanol–water partition coefficient (Wildman–Crippen LogP) is 6.23. The van der Waals surface area contributed by atoms with Crippen molar-refractivity contribution in [2.24, 2.45) is 0 Å². The first-order valence-corrected chi connectivity index (χ1v) is 11.4. The summed E-state index contributed by atoms with van der Waals surface area (Å²) in [6, 6.07) is 6.89. The molecule has 0 bridgehead atoms. The fraction of sp³-hybridized carbons (Fsp3) is 0.321. The molecule has 1 aromatic carbocycles. The van der Waals surface area contributed by atoms with Gasteiger partial charge in [-0.3, -0.25) is 15.2 Å². The molecule has 1 aliphatic rings. The fourth-order valence-electron chi connectivity index (χ4n) is 4.21. The molecule has 0 aliphatic carbocycles. The predicted molar refractivity (Wildman–Crippen MR) is 136 cm³/mol. The van der Waals surface area contributed by atoms with Gasteiger partial charge in [-0.25, -0.2) is 0 Å². The molecule has 186 valence electrons. The summed E-state index contributed by atoms with van der Waals surface area (Å²) in [5, 5.41) is 18.2. The van der Waals surface area contributed by atoms with Crippen LogP contribution in [0.4, 0.5) is 5.69 Å². The Morgan fingerprint density at radius 2 is 1.69 bits per heavy atom. The second-order valence-corrected chi connectivity index (χ2v) is 8.89. The zero-order valence-corrected chi connectivity index (χ0v) is 21.1. The van der Waals surface area contributed by atoms with Crippen LogP contribution in [0.25, 0.3) is 6.08 Å². The average Bonchev–Trinajstić information content (AvgIpc) is 3.25. The maximum atomic E-state index is 12.5. The maximum Gasteiger partial charge on any atom is 0.291 e. The number of hydrogen-bond acceptors (Lipinski definition) is 7. The van der Waals surface area contributed by atoms with E-state index in [1.165, 1.54) is 7.11 Å². The van der Waals surface area contributed by atoms with E-state index in [9.17, 15) is 4.79 Å². The molecule has 1 aliphatic heterocycles. The lowest BCUT2D eigenvalue weighted by molar-refractivity contribution is 0.0291. The van der Waals surface area contributed by atoms with E-state index in [1.807, 2.05) is 39.0 Å². The maximum absolute atomic E-state index is 12.5. The fourth-order valence-corrected chi connectivity index (χ4v) is 4.21. The summed E-state index contributed by atoms with van der Waals surface area (Å²) in [5.74, 6) is 0.759. The van der Waals surface area contributed by atoms with E-state index in [2.05, 4.69) is 18.2 Å². The third-order valence-corrected chi connectivity index (χ3v) is 5.82. The van der Waals surface area contributed by atoms with Crippen LogP contribution in [0.2, 0.25) is 0 Å². The van der Waals surface area contributed by atoms with E-state index < -0.39 is 0 Å². The van der Waals surface area contributed by atoms with Gasteiger partial charge < -0.3 is 13.9 Å². The number of allylic oxidation sites excluding steroid dienone is 6. The summed E-state index contributed by atoms with van der Waals surface area (Å²) < 4.78 is 17.0. The van der Waals surface area contributed by atoms with Crippen LogP contribution in [0.1, 0.15) is 55.7 Å². The third kappa shape index (κ3) is 6.60. The molecule has 1 atom stereocenters. The minimum atomic E-state index is -0.312. The van der Waals surface area contributed by atoms with Gasteiger partial charge in [0, 0.05) is 12.0 Å². The molecule has 0 saturated carbocycles. The van der Waals surface area contributed by atoms with Crippen LogP contribution in [0, 0.1) is 13.8 Å². The van der Waals surface area contributed by atoms with Gasteiger partial charge in [0.2, 0.25) is 0 Å². The Kier molecular flexibility index (Phi) is 8.51. The van der Waals surface area contributed by atoms with Crippen molar-refractivity contribution in [2.45, 2.75) is 47.1 Å². The Hall–Kier alpha value is -3.39. The van der Waals surface area contributed by atoms with Gasteiger partial charge >= 0.3 is 0 Å². The van der Waals surface area contributed by atoms with Crippen molar-refractivity contribution in [3.8, 4) is 5.95 Å². The Morgan fingerprint density at radius 1 is 1.03 bits per heavy atom. The van der Waals surface area contributed by atoms with Crippen LogP contribution in [-0.2, 0) is 4.74 Å². The average molecular weight is 480 g/mol. The standard InChI is InChI=1S/C28H33NO6/c1-17(11-18(2)13-22-7-9-24(10-8-22)29(31)32)12-19(3)14-23-15-25(34-16-23)27-20(4)26(30)21(5)28(33-6)35-27/h7-14,25,31-32H,15-16H2,1-6H3/b17-11+,18-13+,19-12+,23-14-/t25-/m1/s1. The monoisotopic (exact) mass is 479 g/mol. The van der Waals surface area contributed by atoms with Crippen molar-refractivity contribution in [3.63, 3.8) is 0 Å². The summed E-state index contributed by atoms with van der Waals surface area (Å²) in [4.78, 5) is 12.5. The quantitative estimate of drug-likeness (QED) is 0.359. The summed E-state index contributed by atoms with van der Waals surface area (Å²) in [5.41, 5.74) is 6.60. The number of nitrogens with zero attached hydrogens (tertiary/aromatic N) is 1. The van der Waals surface area contributed by atoms with Crippen LogP contribution in [0.5, 0.6) is 5.95 Å². The summed E-state index contributed by atoms with van der Waals surface area (Å²) in [6.07, 6.45) is 8.67. The zero-order chi connectivity index (χ0) is 25.7. The van der Waals surface area contributed by atoms with Gasteiger partial charge in [-0.1, -0.05) is 53.2 Å². The molecular formula is C28H33NO6. The minimum Gasteiger partial charge on any atom is -0.468 e. The Labute approximate surface area is 205 Å². The number of hydrogen-bond donors (Lipinski definition) is 2. The first-order chi connectivity index (χ1) is 16.6. The highest BCUT2D eigenvalue weighted by molar-refractivity contribution is 5.59. The molecule has 2 heterocycles. The molecular weight excluding hydrogens is 446 g/mol.